The topological polar surface area (TPSA) is 36.4 Å². The normalized spacial score (nSPS) is 10.8. The van der Waals surface area contributed by atoms with Crippen molar-refractivity contribution in [3.63, 3.8) is 0 Å². The van der Waals surface area contributed by atoms with Gasteiger partial charge in [0.15, 0.2) is 5.11 Å². The van der Waals surface area contributed by atoms with Crippen LogP contribution in [0.15, 0.2) is 29.4 Å². The van der Waals surface area contributed by atoms with Crippen molar-refractivity contribution in [2.24, 2.45) is 5.10 Å². The summed E-state index contributed by atoms with van der Waals surface area (Å²) in [6.45, 7) is 3.95. The maximum Gasteiger partial charge on any atom is 0.187 e. The molecule has 0 radical (unpaired) electrons. The fraction of sp³-hybridized carbons (Fsp3) is 0.273. The van der Waals surface area contributed by atoms with Crippen LogP contribution >= 0.6 is 12.2 Å². The van der Waals surface area contributed by atoms with Gasteiger partial charge in [-0.15, -0.1) is 0 Å². The van der Waals surface area contributed by atoms with E-state index in [0.717, 1.165) is 0 Å². The summed E-state index contributed by atoms with van der Waals surface area (Å²) in [7, 11) is 0. The molecule has 1 rings (SSSR count). The molecule has 0 saturated carbocycles. The molecule has 3 nitrogen and oxygen atoms in total. The van der Waals surface area contributed by atoms with E-state index < -0.39 is 0 Å². The molecule has 0 spiro atoms. The first-order valence-corrected chi connectivity index (χ1v) is 5.34. The molecule has 16 heavy (non-hydrogen) atoms. The second kappa shape index (κ2) is 6.17. The van der Waals surface area contributed by atoms with Crippen molar-refractivity contribution in [2.45, 2.75) is 19.9 Å². The summed E-state index contributed by atoms with van der Waals surface area (Å²) in [6, 6.07) is 6.42. The highest BCUT2D eigenvalue weighted by Crippen LogP contribution is 1.99. The van der Waals surface area contributed by atoms with Crippen LogP contribution < -0.4 is 10.7 Å². The van der Waals surface area contributed by atoms with Crippen molar-refractivity contribution in [1.82, 2.24) is 10.7 Å². The highest BCUT2D eigenvalue weighted by Gasteiger charge is 1.95. The molecular weight excluding hydrogens is 225 g/mol. The van der Waals surface area contributed by atoms with Crippen molar-refractivity contribution in [3.8, 4) is 0 Å². The largest absolute Gasteiger partial charge is 0.359 e. The molecule has 0 aliphatic heterocycles. The third-order valence-corrected chi connectivity index (χ3v) is 1.86. The van der Waals surface area contributed by atoms with Gasteiger partial charge in [-0.25, -0.2) is 4.39 Å². The Bertz CT molecular complexity index is 391. The van der Waals surface area contributed by atoms with Gasteiger partial charge < -0.3 is 5.32 Å². The van der Waals surface area contributed by atoms with Gasteiger partial charge in [-0.3, -0.25) is 5.43 Å². The van der Waals surface area contributed by atoms with Crippen LogP contribution in [0.4, 0.5) is 4.39 Å². The highest BCUT2D eigenvalue weighted by atomic mass is 32.1. The van der Waals surface area contributed by atoms with Crippen LogP contribution in [0.5, 0.6) is 0 Å². The van der Waals surface area contributed by atoms with Crippen LogP contribution in [0.25, 0.3) is 0 Å². The van der Waals surface area contributed by atoms with E-state index in [1.54, 1.807) is 12.1 Å². The predicted molar refractivity (Wildman–Crippen MR) is 68.0 cm³/mol. The predicted octanol–water partition coefficient (Wildman–Crippen LogP) is 2.03. The maximum absolute atomic E-state index is 12.8. The Morgan fingerprint density at radius 3 is 2.88 bits per heavy atom. The van der Waals surface area contributed by atoms with Crippen molar-refractivity contribution >= 4 is 23.5 Å². The molecular formula is C11H14FN3S. The molecule has 0 aromatic heterocycles. The number of hydrogen-bond donors (Lipinski definition) is 2. The highest BCUT2D eigenvalue weighted by molar-refractivity contribution is 7.80. The van der Waals surface area contributed by atoms with Crippen molar-refractivity contribution in [3.05, 3.63) is 35.6 Å². The Kier molecular flexibility index (Phi) is 4.85. The Balaban J connectivity index is 2.46. The lowest BCUT2D eigenvalue weighted by Crippen LogP contribution is -2.36. The fourth-order valence-corrected chi connectivity index (χ4v) is 1.34. The van der Waals surface area contributed by atoms with E-state index in [1.165, 1.54) is 18.3 Å². The monoisotopic (exact) mass is 239 g/mol. The van der Waals surface area contributed by atoms with Crippen LogP contribution in [0.1, 0.15) is 19.4 Å². The van der Waals surface area contributed by atoms with Crippen LogP contribution in [0.2, 0.25) is 0 Å². The van der Waals surface area contributed by atoms with Gasteiger partial charge in [0.05, 0.1) is 6.21 Å². The smallest absolute Gasteiger partial charge is 0.187 e. The van der Waals surface area contributed by atoms with Crippen molar-refractivity contribution < 1.29 is 4.39 Å². The average molecular weight is 239 g/mol. The SMILES string of the molecule is CC(C)NC(=S)NN=Cc1cccc(F)c1. The minimum atomic E-state index is -0.285. The number of halogens is 1. The average Bonchev–Trinajstić information content (AvgIpc) is 2.16. The van der Waals surface area contributed by atoms with E-state index in [9.17, 15) is 4.39 Å². The van der Waals surface area contributed by atoms with Crippen LogP contribution in [-0.4, -0.2) is 17.4 Å². The number of hydrazone groups is 1. The number of nitrogens with zero attached hydrogens (tertiary/aromatic N) is 1. The van der Waals surface area contributed by atoms with Gasteiger partial charge >= 0.3 is 0 Å². The second-order valence-electron chi connectivity index (χ2n) is 3.55. The molecule has 86 valence electrons. The van der Waals surface area contributed by atoms with Crippen LogP contribution in [0.3, 0.4) is 0 Å². The van der Waals surface area contributed by atoms with Crippen LogP contribution in [-0.2, 0) is 0 Å². The molecule has 1 aromatic carbocycles. The summed E-state index contributed by atoms with van der Waals surface area (Å²) in [4.78, 5) is 0. The van der Waals surface area contributed by atoms with E-state index in [4.69, 9.17) is 12.2 Å². The number of nitrogens with one attached hydrogen (secondary N) is 2. The molecule has 0 aliphatic rings. The zero-order valence-electron chi connectivity index (χ0n) is 9.20. The third-order valence-electron chi connectivity index (χ3n) is 1.65. The molecule has 0 atom stereocenters. The summed E-state index contributed by atoms with van der Waals surface area (Å²) >= 11 is 4.96. The molecule has 0 fully saturated rings. The summed E-state index contributed by atoms with van der Waals surface area (Å²) in [5, 5.41) is 7.31. The van der Waals surface area contributed by atoms with Crippen molar-refractivity contribution in [1.29, 1.82) is 0 Å². The number of benzene rings is 1. The molecule has 0 aliphatic carbocycles. The molecule has 0 unspecified atom stereocenters. The van der Waals surface area contributed by atoms with Gasteiger partial charge in [-0.2, -0.15) is 5.10 Å². The van der Waals surface area contributed by atoms with E-state index in [2.05, 4.69) is 15.8 Å². The first-order valence-electron chi connectivity index (χ1n) is 4.93. The summed E-state index contributed by atoms with van der Waals surface area (Å²) < 4.78 is 12.8. The lowest BCUT2D eigenvalue weighted by molar-refractivity contribution is 0.627. The molecule has 2 N–H and O–H groups in total. The number of rotatable bonds is 3. The number of thiocarbonyl (C=S) groups is 1. The minimum absolute atomic E-state index is 0.254. The summed E-state index contributed by atoms with van der Waals surface area (Å²) in [5.74, 6) is -0.285. The Labute approximate surface area is 99.7 Å². The molecule has 0 amide bonds. The van der Waals surface area contributed by atoms with E-state index in [-0.39, 0.29) is 11.9 Å². The van der Waals surface area contributed by atoms with Gasteiger partial charge in [-0.1, -0.05) is 12.1 Å². The molecule has 0 saturated heterocycles. The fourth-order valence-electron chi connectivity index (χ4n) is 1.05. The van der Waals surface area contributed by atoms with E-state index in [1.807, 2.05) is 13.8 Å². The maximum atomic E-state index is 12.8. The molecule has 0 heterocycles. The Morgan fingerprint density at radius 1 is 1.50 bits per heavy atom. The van der Waals surface area contributed by atoms with Crippen LogP contribution in [0, 0.1) is 5.82 Å². The van der Waals surface area contributed by atoms with E-state index >= 15 is 0 Å². The summed E-state index contributed by atoms with van der Waals surface area (Å²) in [5.41, 5.74) is 3.33. The Morgan fingerprint density at radius 2 is 2.25 bits per heavy atom. The zero-order chi connectivity index (χ0) is 12.0. The molecule has 5 heteroatoms. The standard InChI is InChI=1S/C11H14FN3S/c1-8(2)14-11(16)15-13-7-9-4-3-5-10(12)6-9/h3-8H,1-2H3,(H2,14,15,16). The second-order valence-corrected chi connectivity index (χ2v) is 3.96. The van der Waals surface area contributed by atoms with Gasteiger partial charge in [0.1, 0.15) is 5.82 Å². The van der Waals surface area contributed by atoms with Gasteiger partial charge in [-0.05, 0) is 43.8 Å². The third kappa shape index (κ3) is 4.84. The lowest BCUT2D eigenvalue weighted by atomic mass is 10.2. The van der Waals surface area contributed by atoms with Gasteiger partial charge in [0.2, 0.25) is 0 Å². The summed E-state index contributed by atoms with van der Waals surface area (Å²) in [6.07, 6.45) is 1.51. The van der Waals surface area contributed by atoms with Crippen molar-refractivity contribution in [2.75, 3.05) is 0 Å². The molecule has 0 bridgehead atoms. The molecule has 1 aromatic rings. The first-order chi connectivity index (χ1) is 7.58. The zero-order valence-corrected chi connectivity index (χ0v) is 10.0. The number of hydrogen-bond acceptors (Lipinski definition) is 2. The van der Waals surface area contributed by atoms with Gasteiger partial charge in [0.25, 0.3) is 0 Å². The Hall–Kier alpha value is -1.49. The quantitative estimate of drug-likeness (QED) is 0.481. The first kappa shape index (κ1) is 12.6. The van der Waals surface area contributed by atoms with E-state index in [0.29, 0.717) is 10.7 Å². The minimum Gasteiger partial charge on any atom is -0.359 e. The lowest BCUT2D eigenvalue weighted by Gasteiger charge is -2.09. The van der Waals surface area contributed by atoms with Gasteiger partial charge in [0, 0.05) is 6.04 Å².